The van der Waals surface area contributed by atoms with E-state index in [0.29, 0.717) is 12.3 Å². The van der Waals surface area contributed by atoms with Gasteiger partial charge >= 0.3 is 0 Å². The summed E-state index contributed by atoms with van der Waals surface area (Å²) in [7, 11) is 0. The number of hydrogen-bond acceptors (Lipinski definition) is 3. The molecule has 0 radical (unpaired) electrons. The maximum Gasteiger partial charge on any atom is 0.233 e. The van der Waals surface area contributed by atoms with Crippen LogP contribution in [0.5, 0.6) is 0 Å². The van der Waals surface area contributed by atoms with Crippen LogP contribution in [0.25, 0.3) is 0 Å². The van der Waals surface area contributed by atoms with Crippen LogP contribution in [0.4, 0.5) is 5.69 Å². The molecule has 0 saturated carbocycles. The molecule has 2 aromatic carbocycles. The SMILES string of the molecule is Nc1ccc2c(c1)CN(C(=O)CSc1ccccc1)CC2. The average Bonchev–Trinajstić information content (AvgIpc) is 2.53. The first kappa shape index (κ1) is 14.0. The molecule has 21 heavy (non-hydrogen) atoms. The van der Waals surface area contributed by atoms with Gasteiger partial charge in [0.1, 0.15) is 0 Å². The summed E-state index contributed by atoms with van der Waals surface area (Å²) in [6.45, 7) is 1.47. The third-order valence-corrected chi connectivity index (χ3v) is 4.70. The molecule has 0 fully saturated rings. The third-order valence-electron chi connectivity index (χ3n) is 3.70. The zero-order valence-electron chi connectivity index (χ0n) is 11.8. The van der Waals surface area contributed by atoms with Crippen LogP contribution in [-0.4, -0.2) is 23.1 Å². The molecule has 0 atom stereocenters. The minimum atomic E-state index is 0.192. The molecule has 0 bridgehead atoms. The van der Waals surface area contributed by atoms with Gasteiger partial charge in [-0.15, -0.1) is 11.8 Å². The van der Waals surface area contributed by atoms with Gasteiger partial charge in [-0.25, -0.2) is 0 Å². The standard InChI is InChI=1S/C17H18N2OS/c18-15-7-6-13-8-9-19(11-14(13)10-15)17(20)12-21-16-4-2-1-3-5-16/h1-7,10H,8-9,11-12,18H2. The summed E-state index contributed by atoms with van der Waals surface area (Å²) < 4.78 is 0. The second kappa shape index (κ2) is 6.22. The van der Waals surface area contributed by atoms with Gasteiger partial charge in [-0.2, -0.15) is 0 Å². The normalized spacial score (nSPS) is 13.8. The lowest BCUT2D eigenvalue weighted by Crippen LogP contribution is -2.37. The number of rotatable bonds is 3. The summed E-state index contributed by atoms with van der Waals surface area (Å²) in [5.41, 5.74) is 9.09. The molecule has 1 heterocycles. The van der Waals surface area contributed by atoms with E-state index in [1.165, 1.54) is 11.1 Å². The monoisotopic (exact) mass is 298 g/mol. The number of hydrogen-bond donors (Lipinski definition) is 1. The molecule has 1 aliphatic rings. The fraction of sp³-hybridized carbons (Fsp3) is 0.235. The number of nitrogens with zero attached hydrogens (tertiary/aromatic N) is 1. The quantitative estimate of drug-likeness (QED) is 0.700. The predicted octanol–water partition coefficient (Wildman–Crippen LogP) is 2.95. The van der Waals surface area contributed by atoms with Crippen molar-refractivity contribution in [2.24, 2.45) is 0 Å². The topological polar surface area (TPSA) is 46.3 Å². The summed E-state index contributed by atoms with van der Waals surface area (Å²) in [6.07, 6.45) is 0.914. The lowest BCUT2D eigenvalue weighted by atomic mass is 9.99. The van der Waals surface area contributed by atoms with Crippen LogP contribution in [0.1, 0.15) is 11.1 Å². The molecular formula is C17H18N2OS. The Labute approximate surface area is 129 Å². The van der Waals surface area contributed by atoms with Crippen LogP contribution < -0.4 is 5.73 Å². The predicted molar refractivity (Wildman–Crippen MR) is 87.1 cm³/mol. The molecule has 2 N–H and O–H groups in total. The van der Waals surface area contributed by atoms with Crippen molar-refractivity contribution in [2.75, 3.05) is 18.0 Å². The van der Waals surface area contributed by atoms with E-state index in [-0.39, 0.29) is 5.91 Å². The highest BCUT2D eigenvalue weighted by Crippen LogP contribution is 2.23. The van der Waals surface area contributed by atoms with Crippen molar-refractivity contribution in [2.45, 2.75) is 17.9 Å². The molecule has 0 aliphatic carbocycles. The Morgan fingerprint density at radius 2 is 1.95 bits per heavy atom. The van der Waals surface area contributed by atoms with Crippen molar-refractivity contribution in [1.29, 1.82) is 0 Å². The Morgan fingerprint density at radius 3 is 2.76 bits per heavy atom. The van der Waals surface area contributed by atoms with Crippen LogP contribution in [0.15, 0.2) is 53.4 Å². The Morgan fingerprint density at radius 1 is 1.14 bits per heavy atom. The number of benzene rings is 2. The first-order valence-electron chi connectivity index (χ1n) is 7.05. The lowest BCUT2D eigenvalue weighted by molar-refractivity contribution is -0.129. The van der Waals surface area contributed by atoms with E-state index in [1.807, 2.05) is 47.4 Å². The van der Waals surface area contributed by atoms with E-state index >= 15 is 0 Å². The van der Waals surface area contributed by atoms with Crippen molar-refractivity contribution in [3.8, 4) is 0 Å². The highest BCUT2D eigenvalue weighted by atomic mass is 32.2. The zero-order valence-corrected chi connectivity index (χ0v) is 12.6. The van der Waals surface area contributed by atoms with Crippen molar-refractivity contribution >= 4 is 23.4 Å². The fourth-order valence-corrected chi connectivity index (χ4v) is 3.37. The Kier molecular flexibility index (Phi) is 4.15. The number of carbonyl (C=O) groups excluding carboxylic acids is 1. The molecule has 4 heteroatoms. The van der Waals surface area contributed by atoms with E-state index in [4.69, 9.17) is 5.73 Å². The van der Waals surface area contributed by atoms with Gasteiger partial charge in [-0.05, 0) is 41.8 Å². The number of carbonyl (C=O) groups is 1. The first-order valence-corrected chi connectivity index (χ1v) is 8.04. The van der Waals surface area contributed by atoms with Gasteiger partial charge in [0.15, 0.2) is 0 Å². The maximum absolute atomic E-state index is 12.3. The summed E-state index contributed by atoms with van der Waals surface area (Å²) in [6, 6.07) is 16.0. The van der Waals surface area contributed by atoms with Gasteiger partial charge in [-0.1, -0.05) is 24.3 Å². The molecule has 0 aromatic heterocycles. The molecule has 3 nitrogen and oxygen atoms in total. The van der Waals surface area contributed by atoms with Gasteiger partial charge in [0.25, 0.3) is 0 Å². The molecule has 2 aromatic rings. The number of fused-ring (bicyclic) bond motifs is 1. The smallest absolute Gasteiger partial charge is 0.233 e. The maximum atomic E-state index is 12.3. The van der Waals surface area contributed by atoms with Crippen LogP contribution >= 0.6 is 11.8 Å². The summed E-state index contributed by atoms with van der Waals surface area (Å²) in [4.78, 5) is 15.4. The van der Waals surface area contributed by atoms with Crippen LogP contribution in [0.2, 0.25) is 0 Å². The van der Waals surface area contributed by atoms with E-state index in [0.717, 1.165) is 23.5 Å². The number of anilines is 1. The molecule has 0 unspecified atom stereocenters. The van der Waals surface area contributed by atoms with E-state index in [1.54, 1.807) is 11.8 Å². The number of thioether (sulfide) groups is 1. The second-order valence-electron chi connectivity index (χ2n) is 5.20. The summed E-state index contributed by atoms with van der Waals surface area (Å²) >= 11 is 1.59. The molecular weight excluding hydrogens is 280 g/mol. The van der Waals surface area contributed by atoms with Crippen LogP contribution in [0.3, 0.4) is 0 Å². The number of amides is 1. The molecule has 108 valence electrons. The second-order valence-corrected chi connectivity index (χ2v) is 6.24. The van der Waals surface area contributed by atoms with Gasteiger partial charge in [0.2, 0.25) is 5.91 Å². The van der Waals surface area contributed by atoms with Gasteiger partial charge in [0, 0.05) is 23.7 Å². The third kappa shape index (κ3) is 3.39. The molecule has 1 amide bonds. The number of nitrogen functional groups attached to an aromatic ring is 1. The largest absolute Gasteiger partial charge is 0.399 e. The van der Waals surface area contributed by atoms with E-state index in [2.05, 4.69) is 6.07 Å². The lowest BCUT2D eigenvalue weighted by Gasteiger charge is -2.29. The molecule has 0 spiro atoms. The Balaban J connectivity index is 1.61. The van der Waals surface area contributed by atoms with Gasteiger partial charge in [-0.3, -0.25) is 4.79 Å². The van der Waals surface area contributed by atoms with Crippen molar-refractivity contribution in [3.05, 3.63) is 59.7 Å². The Hall–Kier alpha value is -1.94. The summed E-state index contributed by atoms with van der Waals surface area (Å²) in [5.74, 6) is 0.679. The van der Waals surface area contributed by atoms with Crippen molar-refractivity contribution in [1.82, 2.24) is 4.90 Å². The van der Waals surface area contributed by atoms with Crippen LogP contribution in [-0.2, 0) is 17.8 Å². The molecule has 1 aliphatic heterocycles. The fourth-order valence-electron chi connectivity index (χ4n) is 2.54. The van der Waals surface area contributed by atoms with Gasteiger partial charge < -0.3 is 10.6 Å². The average molecular weight is 298 g/mol. The van der Waals surface area contributed by atoms with E-state index < -0.39 is 0 Å². The highest BCUT2D eigenvalue weighted by Gasteiger charge is 2.20. The highest BCUT2D eigenvalue weighted by molar-refractivity contribution is 8.00. The van der Waals surface area contributed by atoms with E-state index in [9.17, 15) is 4.79 Å². The zero-order chi connectivity index (χ0) is 14.7. The van der Waals surface area contributed by atoms with Crippen LogP contribution in [0, 0.1) is 0 Å². The molecule has 3 rings (SSSR count). The summed E-state index contributed by atoms with van der Waals surface area (Å²) in [5, 5.41) is 0. The molecule has 0 saturated heterocycles. The Bertz CT molecular complexity index is 642. The van der Waals surface area contributed by atoms with Crippen molar-refractivity contribution < 1.29 is 4.79 Å². The minimum absolute atomic E-state index is 0.192. The van der Waals surface area contributed by atoms with Crippen molar-refractivity contribution in [3.63, 3.8) is 0 Å². The first-order chi connectivity index (χ1) is 10.2. The number of nitrogens with two attached hydrogens (primary N) is 1. The van der Waals surface area contributed by atoms with Gasteiger partial charge in [0.05, 0.1) is 5.75 Å². The minimum Gasteiger partial charge on any atom is -0.399 e.